The van der Waals surface area contributed by atoms with Crippen LogP contribution in [0.3, 0.4) is 0 Å². The Hall–Kier alpha value is -1.35. The number of Topliss-reactive ketones (excluding diaryl/α,β-unsaturated/α-hetero) is 1. The molecule has 1 saturated heterocycles. The van der Waals surface area contributed by atoms with Gasteiger partial charge in [0, 0.05) is 36.9 Å². The number of rotatable bonds is 3. The smallest absolute Gasteiger partial charge is 0.159 e. The second-order valence-corrected chi connectivity index (χ2v) is 4.39. The molecule has 0 bridgehead atoms. The number of carbonyl (C=O) groups is 1. The number of carbonyl (C=O) groups excluding carboxylic acids is 1. The summed E-state index contributed by atoms with van der Waals surface area (Å²) in [5.74, 6) is 0.494. The number of ketones is 1. The van der Waals surface area contributed by atoms with Crippen molar-refractivity contribution >= 4 is 11.5 Å². The highest BCUT2D eigenvalue weighted by Crippen LogP contribution is 2.23. The summed E-state index contributed by atoms with van der Waals surface area (Å²) in [5, 5.41) is 9.08. The second kappa shape index (κ2) is 4.66. The van der Waals surface area contributed by atoms with Gasteiger partial charge in [0.1, 0.15) is 0 Å². The van der Waals surface area contributed by atoms with Gasteiger partial charge in [0.05, 0.1) is 0 Å². The summed E-state index contributed by atoms with van der Waals surface area (Å²) in [7, 11) is 0. The van der Waals surface area contributed by atoms with Crippen molar-refractivity contribution in [1.82, 2.24) is 0 Å². The van der Waals surface area contributed by atoms with Crippen molar-refractivity contribution in [3.8, 4) is 0 Å². The molecule has 1 aromatic carbocycles. The van der Waals surface area contributed by atoms with Gasteiger partial charge in [-0.3, -0.25) is 4.79 Å². The first-order valence-electron chi connectivity index (χ1n) is 5.67. The van der Waals surface area contributed by atoms with Crippen molar-refractivity contribution in [2.75, 3.05) is 24.6 Å². The Balaban J connectivity index is 2.08. The number of aliphatic hydroxyl groups excluding tert-OH is 1. The molecule has 0 amide bonds. The molecule has 86 valence electrons. The van der Waals surface area contributed by atoms with Crippen molar-refractivity contribution < 1.29 is 9.90 Å². The number of aliphatic hydroxyl groups is 1. The van der Waals surface area contributed by atoms with E-state index in [1.807, 2.05) is 24.3 Å². The van der Waals surface area contributed by atoms with Gasteiger partial charge in [-0.15, -0.1) is 0 Å². The van der Waals surface area contributed by atoms with E-state index in [0.29, 0.717) is 5.92 Å². The van der Waals surface area contributed by atoms with Gasteiger partial charge < -0.3 is 10.0 Å². The van der Waals surface area contributed by atoms with Crippen LogP contribution in [0.1, 0.15) is 23.7 Å². The summed E-state index contributed by atoms with van der Waals surface area (Å²) in [6.45, 7) is 3.75. The van der Waals surface area contributed by atoms with Crippen LogP contribution in [-0.4, -0.2) is 30.6 Å². The minimum absolute atomic E-state index is 0.0983. The van der Waals surface area contributed by atoms with Crippen LogP contribution in [-0.2, 0) is 0 Å². The first kappa shape index (κ1) is 11.1. The Labute approximate surface area is 95.7 Å². The average molecular weight is 219 g/mol. The van der Waals surface area contributed by atoms with E-state index in [4.69, 9.17) is 5.11 Å². The number of hydrogen-bond acceptors (Lipinski definition) is 3. The summed E-state index contributed by atoms with van der Waals surface area (Å²) in [5.41, 5.74) is 1.89. The predicted molar refractivity (Wildman–Crippen MR) is 63.9 cm³/mol. The number of hydrogen-bond donors (Lipinski definition) is 1. The molecule has 1 atom stereocenters. The second-order valence-electron chi connectivity index (χ2n) is 4.39. The van der Waals surface area contributed by atoms with Crippen LogP contribution in [0.2, 0.25) is 0 Å². The minimum Gasteiger partial charge on any atom is -0.396 e. The van der Waals surface area contributed by atoms with E-state index in [0.717, 1.165) is 30.8 Å². The molecule has 1 N–H and O–H groups in total. The van der Waals surface area contributed by atoms with Gasteiger partial charge in [-0.1, -0.05) is 0 Å². The molecule has 0 aromatic heterocycles. The van der Waals surface area contributed by atoms with E-state index in [1.165, 1.54) is 0 Å². The van der Waals surface area contributed by atoms with E-state index in [2.05, 4.69) is 4.90 Å². The van der Waals surface area contributed by atoms with Crippen molar-refractivity contribution in [3.63, 3.8) is 0 Å². The normalized spacial score (nSPS) is 20.1. The van der Waals surface area contributed by atoms with E-state index in [-0.39, 0.29) is 12.4 Å². The predicted octanol–water partition coefficient (Wildman–Crippen LogP) is 1.71. The number of anilines is 1. The topological polar surface area (TPSA) is 40.5 Å². The zero-order valence-electron chi connectivity index (χ0n) is 9.52. The lowest BCUT2D eigenvalue weighted by atomic mass is 10.1. The van der Waals surface area contributed by atoms with Crippen molar-refractivity contribution in [2.45, 2.75) is 13.3 Å². The zero-order valence-corrected chi connectivity index (χ0v) is 9.52. The lowest BCUT2D eigenvalue weighted by Gasteiger charge is -2.18. The van der Waals surface area contributed by atoms with E-state index < -0.39 is 0 Å². The molecule has 16 heavy (non-hydrogen) atoms. The molecule has 1 aliphatic rings. The highest BCUT2D eigenvalue weighted by Gasteiger charge is 2.21. The van der Waals surface area contributed by atoms with Crippen LogP contribution < -0.4 is 4.90 Å². The number of benzene rings is 1. The third kappa shape index (κ3) is 2.25. The van der Waals surface area contributed by atoms with Crippen molar-refractivity contribution in [1.29, 1.82) is 0 Å². The molecule has 1 heterocycles. The first-order chi connectivity index (χ1) is 7.70. The van der Waals surface area contributed by atoms with Crippen LogP contribution in [0.15, 0.2) is 24.3 Å². The van der Waals surface area contributed by atoms with Gasteiger partial charge in [-0.05, 0) is 37.6 Å². The maximum Gasteiger partial charge on any atom is 0.159 e. The Morgan fingerprint density at radius 1 is 1.44 bits per heavy atom. The molecule has 3 heteroatoms. The molecule has 1 unspecified atom stereocenters. The van der Waals surface area contributed by atoms with Crippen molar-refractivity contribution in [3.05, 3.63) is 29.8 Å². The molecule has 0 saturated carbocycles. The highest BCUT2D eigenvalue weighted by atomic mass is 16.3. The summed E-state index contributed by atoms with van der Waals surface area (Å²) < 4.78 is 0. The monoisotopic (exact) mass is 219 g/mol. The lowest BCUT2D eigenvalue weighted by Crippen LogP contribution is -2.20. The fourth-order valence-electron chi connectivity index (χ4n) is 2.12. The van der Waals surface area contributed by atoms with Gasteiger partial charge in [-0.2, -0.15) is 0 Å². The molecule has 0 aliphatic carbocycles. The lowest BCUT2D eigenvalue weighted by molar-refractivity contribution is 0.101. The van der Waals surface area contributed by atoms with Crippen LogP contribution in [0.4, 0.5) is 5.69 Å². The fourth-order valence-corrected chi connectivity index (χ4v) is 2.12. The molecular formula is C13H17NO2. The molecule has 0 spiro atoms. The molecule has 2 rings (SSSR count). The van der Waals surface area contributed by atoms with E-state index in [1.54, 1.807) is 6.92 Å². The van der Waals surface area contributed by atoms with E-state index >= 15 is 0 Å². The molecule has 1 aromatic rings. The van der Waals surface area contributed by atoms with Gasteiger partial charge in [-0.25, -0.2) is 0 Å². The van der Waals surface area contributed by atoms with Gasteiger partial charge >= 0.3 is 0 Å². The van der Waals surface area contributed by atoms with Gasteiger partial charge in [0.25, 0.3) is 0 Å². The summed E-state index contributed by atoms with van der Waals surface area (Å²) in [4.78, 5) is 13.4. The van der Waals surface area contributed by atoms with E-state index in [9.17, 15) is 4.79 Å². The average Bonchev–Trinajstić information content (AvgIpc) is 2.77. The van der Waals surface area contributed by atoms with Crippen LogP contribution in [0.25, 0.3) is 0 Å². The van der Waals surface area contributed by atoms with Gasteiger partial charge in [0.2, 0.25) is 0 Å². The first-order valence-corrected chi connectivity index (χ1v) is 5.67. The SMILES string of the molecule is CC(=O)c1ccc(N2CCC(CO)C2)cc1. The summed E-state index contributed by atoms with van der Waals surface area (Å²) in [6.07, 6.45) is 1.05. The Kier molecular flexibility index (Phi) is 3.25. The van der Waals surface area contributed by atoms with Crippen molar-refractivity contribution in [2.24, 2.45) is 5.92 Å². The summed E-state index contributed by atoms with van der Waals surface area (Å²) in [6, 6.07) is 7.70. The van der Waals surface area contributed by atoms with Crippen LogP contribution in [0.5, 0.6) is 0 Å². The van der Waals surface area contributed by atoms with Gasteiger partial charge in [0.15, 0.2) is 5.78 Å². The maximum atomic E-state index is 11.1. The minimum atomic E-state index is 0.0983. The Morgan fingerprint density at radius 2 is 2.12 bits per heavy atom. The quantitative estimate of drug-likeness (QED) is 0.787. The Morgan fingerprint density at radius 3 is 2.62 bits per heavy atom. The largest absolute Gasteiger partial charge is 0.396 e. The summed E-state index contributed by atoms with van der Waals surface area (Å²) >= 11 is 0. The maximum absolute atomic E-state index is 11.1. The molecule has 0 radical (unpaired) electrons. The van der Waals surface area contributed by atoms with Crippen LogP contribution >= 0.6 is 0 Å². The molecular weight excluding hydrogens is 202 g/mol. The third-order valence-electron chi connectivity index (χ3n) is 3.18. The highest BCUT2D eigenvalue weighted by molar-refractivity contribution is 5.94. The standard InChI is InChI=1S/C13H17NO2/c1-10(16)12-2-4-13(5-3-12)14-7-6-11(8-14)9-15/h2-5,11,15H,6-9H2,1H3. The number of nitrogens with zero attached hydrogens (tertiary/aromatic N) is 1. The molecule has 1 aliphatic heterocycles. The zero-order chi connectivity index (χ0) is 11.5. The molecule has 3 nitrogen and oxygen atoms in total. The fraction of sp³-hybridized carbons (Fsp3) is 0.462. The van der Waals surface area contributed by atoms with Crippen LogP contribution in [0, 0.1) is 5.92 Å². The Bertz CT molecular complexity index is 372. The molecule has 1 fully saturated rings. The third-order valence-corrected chi connectivity index (χ3v) is 3.18.